The highest BCUT2D eigenvalue weighted by Crippen LogP contribution is 2.59. The van der Waals surface area contributed by atoms with Crippen molar-refractivity contribution in [3.8, 4) is 0 Å². The second-order valence-electron chi connectivity index (χ2n) is 5.11. The first-order valence-corrected chi connectivity index (χ1v) is 5.70. The van der Waals surface area contributed by atoms with Crippen molar-refractivity contribution in [2.75, 3.05) is 12.4 Å². The second kappa shape index (κ2) is 4.12. The molecule has 1 aromatic heterocycles. The van der Waals surface area contributed by atoms with E-state index in [4.69, 9.17) is 9.26 Å². The van der Waals surface area contributed by atoms with Gasteiger partial charge in [0.15, 0.2) is 5.82 Å². The molecule has 1 aliphatic rings. The molecular formula is C12H16N2O4. The molecule has 1 aromatic rings. The van der Waals surface area contributed by atoms with Crippen molar-refractivity contribution in [1.82, 2.24) is 5.16 Å². The average molecular weight is 252 g/mol. The molecule has 1 aliphatic carbocycles. The number of nitrogens with zero attached hydrogens (tertiary/aromatic N) is 1. The van der Waals surface area contributed by atoms with Gasteiger partial charge in [-0.15, -0.1) is 0 Å². The molecule has 0 aromatic carbocycles. The zero-order chi connectivity index (χ0) is 13.5. The number of amides is 1. The van der Waals surface area contributed by atoms with E-state index >= 15 is 0 Å². The predicted molar refractivity (Wildman–Crippen MR) is 62.6 cm³/mol. The fourth-order valence-corrected chi connectivity index (χ4v) is 2.32. The quantitative estimate of drug-likeness (QED) is 0.821. The van der Waals surface area contributed by atoms with E-state index in [0.29, 0.717) is 11.6 Å². The number of aryl methyl sites for hydroxylation is 1. The van der Waals surface area contributed by atoms with Crippen LogP contribution in [0.5, 0.6) is 0 Å². The van der Waals surface area contributed by atoms with Crippen LogP contribution in [0.2, 0.25) is 0 Å². The summed E-state index contributed by atoms with van der Waals surface area (Å²) in [5.74, 6) is -0.383. The molecule has 6 heteroatoms. The maximum Gasteiger partial charge on any atom is 0.310 e. The molecule has 1 fully saturated rings. The SMILES string of the molecule is COC(=O)[C@H]1[C@@H](C(=O)Nc2cc(C)on2)C1(C)C. The molecule has 1 N–H and O–H groups in total. The molecule has 0 spiro atoms. The molecule has 6 nitrogen and oxygen atoms in total. The number of hydrogen-bond donors (Lipinski definition) is 1. The average Bonchev–Trinajstić information content (AvgIpc) is 2.63. The Bertz CT molecular complexity index is 492. The van der Waals surface area contributed by atoms with E-state index in [2.05, 4.69) is 10.5 Å². The van der Waals surface area contributed by atoms with E-state index in [1.165, 1.54) is 7.11 Å². The molecule has 98 valence electrons. The fourth-order valence-electron chi connectivity index (χ4n) is 2.32. The Morgan fingerprint density at radius 2 is 2.11 bits per heavy atom. The van der Waals surface area contributed by atoms with Crippen LogP contribution in [0.4, 0.5) is 5.82 Å². The van der Waals surface area contributed by atoms with Crippen LogP contribution in [0.1, 0.15) is 19.6 Å². The fraction of sp³-hybridized carbons (Fsp3) is 0.583. The molecular weight excluding hydrogens is 236 g/mol. The van der Waals surface area contributed by atoms with Gasteiger partial charge >= 0.3 is 5.97 Å². The first-order chi connectivity index (χ1) is 8.37. The molecule has 1 saturated carbocycles. The highest BCUT2D eigenvalue weighted by molar-refractivity contribution is 5.99. The van der Waals surface area contributed by atoms with Crippen molar-refractivity contribution in [3.63, 3.8) is 0 Å². The monoisotopic (exact) mass is 252 g/mol. The van der Waals surface area contributed by atoms with Gasteiger partial charge in [0.1, 0.15) is 5.76 Å². The lowest BCUT2D eigenvalue weighted by Crippen LogP contribution is -2.18. The Hall–Kier alpha value is -1.85. The Morgan fingerprint density at radius 3 is 2.61 bits per heavy atom. The van der Waals surface area contributed by atoms with Gasteiger partial charge in [0.2, 0.25) is 5.91 Å². The van der Waals surface area contributed by atoms with Gasteiger partial charge in [0.05, 0.1) is 18.9 Å². The highest BCUT2D eigenvalue weighted by Gasteiger charge is 2.66. The van der Waals surface area contributed by atoms with Crippen molar-refractivity contribution >= 4 is 17.7 Å². The predicted octanol–water partition coefficient (Wildman–Crippen LogP) is 1.37. The summed E-state index contributed by atoms with van der Waals surface area (Å²) >= 11 is 0. The van der Waals surface area contributed by atoms with E-state index in [1.54, 1.807) is 13.0 Å². The first-order valence-electron chi connectivity index (χ1n) is 5.70. The van der Waals surface area contributed by atoms with Crippen LogP contribution in [-0.2, 0) is 14.3 Å². The Balaban J connectivity index is 2.05. The van der Waals surface area contributed by atoms with Crippen LogP contribution >= 0.6 is 0 Å². The Morgan fingerprint density at radius 1 is 1.44 bits per heavy atom. The van der Waals surface area contributed by atoms with E-state index in [-0.39, 0.29) is 23.2 Å². The lowest BCUT2D eigenvalue weighted by atomic mass is 10.1. The summed E-state index contributed by atoms with van der Waals surface area (Å²) < 4.78 is 9.55. The minimum Gasteiger partial charge on any atom is -0.469 e. The number of nitrogens with one attached hydrogen (secondary N) is 1. The van der Waals surface area contributed by atoms with E-state index < -0.39 is 5.92 Å². The molecule has 0 saturated heterocycles. The van der Waals surface area contributed by atoms with Gasteiger partial charge in [-0.2, -0.15) is 0 Å². The summed E-state index contributed by atoms with van der Waals surface area (Å²) in [6.07, 6.45) is 0. The second-order valence-corrected chi connectivity index (χ2v) is 5.11. The summed E-state index contributed by atoms with van der Waals surface area (Å²) in [5, 5.41) is 6.32. The van der Waals surface area contributed by atoms with Crippen molar-refractivity contribution in [1.29, 1.82) is 0 Å². The Kier molecular flexibility index (Phi) is 2.88. The smallest absolute Gasteiger partial charge is 0.310 e. The lowest BCUT2D eigenvalue weighted by Gasteiger charge is -2.01. The number of aromatic nitrogens is 1. The summed E-state index contributed by atoms with van der Waals surface area (Å²) in [7, 11) is 1.33. The van der Waals surface area contributed by atoms with Crippen LogP contribution in [0.15, 0.2) is 10.6 Å². The van der Waals surface area contributed by atoms with Crippen LogP contribution in [-0.4, -0.2) is 24.1 Å². The van der Waals surface area contributed by atoms with Crippen molar-refractivity contribution in [2.45, 2.75) is 20.8 Å². The van der Waals surface area contributed by atoms with Crippen molar-refractivity contribution in [2.24, 2.45) is 17.3 Å². The molecule has 1 heterocycles. The zero-order valence-corrected chi connectivity index (χ0v) is 10.8. The third kappa shape index (κ3) is 1.98. The van der Waals surface area contributed by atoms with Gasteiger partial charge < -0.3 is 14.6 Å². The maximum atomic E-state index is 12.0. The highest BCUT2D eigenvalue weighted by atomic mass is 16.5. The normalized spacial score (nSPS) is 24.4. The first kappa shape index (κ1) is 12.6. The summed E-state index contributed by atoms with van der Waals surface area (Å²) in [6, 6.07) is 1.63. The largest absolute Gasteiger partial charge is 0.469 e. The number of esters is 1. The van der Waals surface area contributed by atoms with Crippen LogP contribution in [0.3, 0.4) is 0 Å². The van der Waals surface area contributed by atoms with Crippen LogP contribution in [0.25, 0.3) is 0 Å². The molecule has 18 heavy (non-hydrogen) atoms. The third-order valence-corrected chi connectivity index (χ3v) is 3.44. The number of ether oxygens (including phenoxy) is 1. The molecule has 2 atom stereocenters. The van der Waals surface area contributed by atoms with E-state index in [9.17, 15) is 9.59 Å². The van der Waals surface area contributed by atoms with Gasteiger partial charge in [-0.25, -0.2) is 0 Å². The van der Waals surface area contributed by atoms with E-state index in [1.807, 2.05) is 13.8 Å². The minimum atomic E-state index is -0.393. The zero-order valence-electron chi connectivity index (χ0n) is 10.8. The van der Waals surface area contributed by atoms with Gasteiger partial charge in [0.25, 0.3) is 0 Å². The number of rotatable bonds is 3. The number of anilines is 1. The topological polar surface area (TPSA) is 81.4 Å². The van der Waals surface area contributed by atoms with Gasteiger partial charge in [-0.1, -0.05) is 19.0 Å². The van der Waals surface area contributed by atoms with Gasteiger partial charge in [0, 0.05) is 6.07 Å². The standard InChI is InChI=1S/C12H16N2O4/c1-6-5-7(14-18-6)13-10(15)8-9(11(16)17-4)12(8,2)3/h5,8-9H,1-4H3,(H,13,14,15)/t8-,9+/m0/s1. The summed E-state index contributed by atoms with van der Waals surface area (Å²) in [5.41, 5.74) is -0.379. The molecule has 0 unspecified atom stereocenters. The molecule has 0 radical (unpaired) electrons. The molecule has 1 amide bonds. The molecule has 0 aliphatic heterocycles. The molecule has 0 bridgehead atoms. The van der Waals surface area contributed by atoms with Crippen LogP contribution < -0.4 is 5.32 Å². The summed E-state index contributed by atoms with van der Waals surface area (Å²) in [4.78, 5) is 23.6. The third-order valence-electron chi connectivity index (χ3n) is 3.44. The van der Waals surface area contributed by atoms with Gasteiger partial charge in [-0.3, -0.25) is 9.59 Å². The van der Waals surface area contributed by atoms with Crippen molar-refractivity contribution < 1.29 is 18.8 Å². The number of carbonyl (C=O) groups excluding carboxylic acids is 2. The Labute approximate surface area is 105 Å². The van der Waals surface area contributed by atoms with E-state index in [0.717, 1.165) is 0 Å². The lowest BCUT2D eigenvalue weighted by molar-refractivity contribution is -0.143. The number of methoxy groups -OCH3 is 1. The molecule has 2 rings (SSSR count). The number of carbonyl (C=O) groups is 2. The van der Waals surface area contributed by atoms with Crippen molar-refractivity contribution in [3.05, 3.63) is 11.8 Å². The summed E-state index contributed by atoms with van der Waals surface area (Å²) in [6.45, 7) is 5.47. The maximum absolute atomic E-state index is 12.0. The minimum absolute atomic E-state index is 0.233. The van der Waals surface area contributed by atoms with Crippen LogP contribution in [0, 0.1) is 24.2 Å². The van der Waals surface area contributed by atoms with Gasteiger partial charge in [-0.05, 0) is 12.3 Å². The number of hydrogen-bond acceptors (Lipinski definition) is 5.